The summed E-state index contributed by atoms with van der Waals surface area (Å²) in [5, 5.41) is 0. The maximum absolute atomic E-state index is 12.2. The Hall–Kier alpha value is -0.620. The van der Waals surface area contributed by atoms with E-state index in [0.29, 0.717) is 6.42 Å². The number of hydrogen-bond acceptors (Lipinski definition) is 4. The molecular formula is C13H23O4P. The van der Waals surface area contributed by atoms with Crippen LogP contribution in [0.1, 0.15) is 40.5 Å². The molecule has 0 fully saturated rings. The molecule has 18 heavy (non-hydrogen) atoms. The van der Waals surface area contributed by atoms with E-state index in [4.69, 9.17) is 9.05 Å². The first kappa shape index (κ1) is 17.4. The summed E-state index contributed by atoms with van der Waals surface area (Å²) in [7, 11) is -3.27. The van der Waals surface area contributed by atoms with Crippen molar-refractivity contribution in [3.63, 3.8) is 0 Å². The van der Waals surface area contributed by atoms with Crippen LogP contribution < -0.4 is 0 Å². The van der Waals surface area contributed by atoms with Crippen LogP contribution in [0.2, 0.25) is 0 Å². The van der Waals surface area contributed by atoms with E-state index in [-0.39, 0.29) is 31.1 Å². The van der Waals surface area contributed by atoms with Crippen LogP contribution >= 0.6 is 7.60 Å². The predicted molar refractivity (Wildman–Crippen MR) is 72.6 cm³/mol. The van der Waals surface area contributed by atoms with Gasteiger partial charge in [-0.15, -0.1) is 11.8 Å². The fourth-order valence-corrected chi connectivity index (χ4v) is 3.07. The number of rotatable bonds is 8. The monoisotopic (exact) mass is 274 g/mol. The molecule has 0 bridgehead atoms. The third-order valence-corrected chi connectivity index (χ3v) is 4.26. The van der Waals surface area contributed by atoms with Crippen LogP contribution in [0.15, 0.2) is 0 Å². The Kier molecular flexibility index (Phi) is 9.01. The lowest BCUT2D eigenvalue weighted by atomic mass is 10.0. The fourth-order valence-electron chi connectivity index (χ4n) is 1.33. The molecule has 1 atom stereocenters. The predicted octanol–water partition coefficient (Wildman–Crippen LogP) is 3.26. The summed E-state index contributed by atoms with van der Waals surface area (Å²) in [5.41, 5.74) is 0. The quantitative estimate of drug-likeness (QED) is 0.503. The highest BCUT2D eigenvalue weighted by molar-refractivity contribution is 7.54. The number of ketones is 1. The zero-order valence-electron chi connectivity index (χ0n) is 11.7. The third-order valence-electron chi connectivity index (χ3n) is 2.26. The summed E-state index contributed by atoms with van der Waals surface area (Å²) in [6.07, 6.45) is 1.10. The molecule has 0 aliphatic rings. The van der Waals surface area contributed by atoms with E-state index in [9.17, 15) is 9.36 Å². The molecule has 0 aromatic heterocycles. The Morgan fingerprint density at radius 2 is 1.72 bits per heavy atom. The zero-order chi connectivity index (χ0) is 14.0. The number of Topliss-reactive ketones (excluding diaryl/α,β-unsaturated/α-hetero) is 1. The van der Waals surface area contributed by atoms with Gasteiger partial charge in [0.25, 0.3) is 0 Å². The zero-order valence-corrected chi connectivity index (χ0v) is 12.6. The summed E-state index contributed by atoms with van der Waals surface area (Å²) in [6.45, 7) is 7.74. The van der Waals surface area contributed by atoms with Gasteiger partial charge in [0.15, 0.2) is 0 Å². The van der Waals surface area contributed by atoms with Crippen LogP contribution in [-0.2, 0) is 18.4 Å². The van der Waals surface area contributed by atoms with E-state index in [2.05, 4.69) is 11.8 Å². The summed E-state index contributed by atoms with van der Waals surface area (Å²) < 4.78 is 22.3. The molecule has 5 heteroatoms. The second-order valence-electron chi connectivity index (χ2n) is 3.88. The summed E-state index contributed by atoms with van der Waals surface area (Å²) in [4.78, 5) is 11.9. The van der Waals surface area contributed by atoms with Crippen molar-refractivity contribution in [3.8, 4) is 11.8 Å². The molecule has 0 spiro atoms. The van der Waals surface area contributed by atoms with Gasteiger partial charge in [0.05, 0.1) is 13.2 Å². The van der Waals surface area contributed by atoms with Gasteiger partial charge in [-0.25, -0.2) is 0 Å². The van der Waals surface area contributed by atoms with Gasteiger partial charge in [0, 0.05) is 18.8 Å². The lowest BCUT2D eigenvalue weighted by Crippen LogP contribution is -2.17. The van der Waals surface area contributed by atoms with Crippen molar-refractivity contribution in [3.05, 3.63) is 0 Å². The van der Waals surface area contributed by atoms with Crippen molar-refractivity contribution in [2.45, 2.75) is 40.5 Å². The van der Waals surface area contributed by atoms with Gasteiger partial charge in [-0.3, -0.25) is 9.36 Å². The number of carbonyl (C=O) groups excluding carboxylic acids is 1. The van der Waals surface area contributed by atoms with Crippen molar-refractivity contribution in [2.24, 2.45) is 5.92 Å². The highest BCUT2D eigenvalue weighted by Gasteiger charge is 2.29. The molecule has 0 aliphatic carbocycles. The first-order chi connectivity index (χ1) is 8.49. The lowest BCUT2D eigenvalue weighted by Gasteiger charge is -2.17. The first-order valence-corrected chi connectivity index (χ1v) is 8.08. The summed E-state index contributed by atoms with van der Waals surface area (Å²) in [6, 6.07) is 0. The van der Waals surface area contributed by atoms with Crippen molar-refractivity contribution < 1.29 is 18.4 Å². The van der Waals surface area contributed by atoms with E-state index in [1.54, 1.807) is 20.8 Å². The topological polar surface area (TPSA) is 52.6 Å². The smallest absolute Gasteiger partial charge is 0.309 e. The molecule has 0 unspecified atom stereocenters. The van der Waals surface area contributed by atoms with Crippen LogP contribution in [-0.4, -0.2) is 25.2 Å². The molecular weight excluding hydrogens is 251 g/mol. The highest BCUT2D eigenvalue weighted by Crippen LogP contribution is 2.48. The maximum Gasteiger partial charge on any atom is 0.338 e. The molecule has 0 radical (unpaired) electrons. The largest absolute Gasteiger partial charge is 0.338 e. The Morgan fingerprint density at radius 1 is 1.17 bits per heavy atom. The first-order valence-electron chi connectivity index (χ1n) is 6.35. The minimum Gasteiger partial charge on any atom is -0.309 e. The van der Waals surface area contributed by atoms with Crippen LogP contribution in [0.5, 0.6) is 0 Å². The second kappa shape index (κ2) is 9.33. The van der Waals surface area contributed by atoms with Gasteiger partial charge in [0.1, 0.15) is 11.9 Å². The Morgan fingerprint density at radius 3 is 2.17 bits per heavy atom. The van der Waals surface area contributed by atoms with Crippen LogP contribution in [0, 0.1) is 17.8 Å². The minimum absolute atomic E-state index is 0.120. The van der Waals surface area contributed by atoms with Gasteiger partial charge in [-0.05, 0) is 13.8 Å². The molecule has 0 saturated carbocycles. The lowest BCUT2D eigenvalue weighted by molar-refractivity contribution is -0.120. The molecule has 0 saturated heterocycles. The van der Waals surface area contributed by atoms with E-state index in [1.807, 2.05) is 6.92 Å². The van der Waals surface area contributed by atoms with E-state index in [0.717, 1.165) is 6.42 Å². The molecule has 4 nitrogen and oxygen atoms in total. The van der Waals surface area contributed by atoms with Gasteiger partial charge >= 0.3 is 7.60 Å². The summed E-state index contributed by atoms with van der Waals surface area (Å²) >= 11 is 0. The van der Waals surface area contributed by atoms with Crippen molar-refractivity contribution in [1.29, 1.82) is 0 Å². The van der Waals surface area contributed by atoms with Gasteiger partial charge in [-0.2, -0.15) is 0 Å². The van der Waals surface area contributed by atoms with Gasteiger partial charge in [-0.1, -0.05) is 13.8 Å². The molecule has 0 N–H and O–H groups in total. The number of hydrogen-bond donors (Lipinski definition) is 0. The van der Waals surface area contributed by atoms with Crippen LogP contribution in [0.4, 0.5) is 0 Å². The minimum atomic E-state index is -3.27. The fraction of sp³-hybridized carbons (Fsp3) is 0.769. The van der Waals surface area contributed by atoms with Crippen molar-refractivity contribution in [2.75, 3.05) is 19.4 Å². The van der Waals surface area contributed by atoms with E-state index < -0.39 is 7.60 Å². The summed E-state index contributed by atoms with van der Waals surface area (Å²) in [5.74, 6) is 5.48. The van der Waals surface area contributed by atoms with Crippen LogP contribution in [0.25, 0.3) is 0 Å². The molecule has 0 aromatic carbocycles. The standard InChI is InChI=1S/C13H23O4P/c1-5-8-9-10-12(4)13(14)11-18(15,16-6-2)17-7-3/h12H,5-7,10-11H2,1-4H3/t12-/m0/s1. The van der Waals surface area contributed by atoms with Gasteiger partial charge < -0.3 is 9.05 Å². The number of carbonyl (C=O) groups is 1. The van der Waals surface area contributed by atoms with E-state index in [1.165, 1.54) is 0 Å². The molecule has 104 valence electrons. The molecule has 0 rings (SSSR count). The van der Waals surface area contributed by atoms with Gasteiger partial charge in [0.2, 0.25) is 0 Å². The molecule has 0 aliphatic heterocycles. The highest BCUT2D eigenvalue weighted by atomic mass is 31.2. The molecule has 0 heterocycles. The van der Waals surface area contributed by atoms with Crippen LogP contribution in [0.3, 0.4) is 0 Å². The average molecular weight is 274 g/mol. The molecule has 0 aromatic rings. The van der Waals surface area contributed by atoms with Crippen molar-refractivity contribution >= 4 is 13.4 Å². The average Bonchev–Trinajstić information content (AvgIpc) is 2.29. The second-order valence-corrected chi connectivity index (χ2v) is 5.94. The SMILES string of the molecule is CCC#CC[C@H](C)C(=O)CP(=O)(OCC)OCC. The van der Waals surface area contributed by atoms with Crippen molar-refractivity contribution in [1.82, 2.24) is 0 Å². The Bertz CT molecular complexity index is 344. The normalized spacial score (nSPS) is 12.7. The third kappa shape index (κ3) is 6.96. The Labute approximate surface area is 110 Å². The maximum atomic E-state index is 12.2. The molecule has 0 amide bonds. The Balaban J connectivity index is 4.45. The van der Waals surface area contributed by atoms with E-state index >= 15 is 0 Å².